The van der Waals surface area contributed by atoms with E-state index in [0.717, 1.165) is 18.2 Å². The van der Waals surface area contributed by atoms with Crippen LogP contribution in [0.1, 0.15) is 65.2 Å². The molecule has 0 fully saturated rings. The van der Waals surface area contributed by atoms with Gasteiger partial charge in [-0.15, -0.1) is 4.72 Å². The van der Waals surface area contributed by atoms with Gasteiger partial charge in [-0.2, -0.15) is 17.6 Å². The number of rotatable bonds is 6. The van der Waals surface area contributed by atoms with Crippen LogP contribution in [0.2, 0.25) is 0 Å². The van der Waals surface area contributed by atoms with Crippen LogP contribution in [0.4, 0.5) is 22.4 Å². The minimum atomic E-state index is -4.58. The average molecular weight is 518 g/mol. The van der Waals surface area contributed by atoms with Gasteiger partial charge in [-0.05, 0) is 83.9 Å². The predicted octanol–water partition coefficient (Wildman–Crippen LogP) is 5.45. The Hall–Kier alpha value is -2.37. The molecule has 0 aliphatic rings. The molecule has 0 bridgehead atoms. The van der Waals surface area contributed by atoms with Crippen LogP contribution in [0.15, 0.2) is 42.6 Å². The van der Waals surface area contributed by atoms with E-state index in [1.165, 1.54) is 24.4 Å². The number of hydrogen-bond acceptors (Lipinski definition) is 5. The van der Waals surface area contributed by atoms with Crippen LogP contribution in [0.25, 0.3) is 0 Å². The van der Waals surface area contributed by atoms with Gasteiger partial charge in [0.2, 0.25) is 5.95 Å². The highest BCUT2D eigenvalue weighted by Crippen LogP contribution is 2.38. The summed E-state index contributed by atoms with van der Waals surface area (Å²) in [6.45, 7) is 11.7. The molecule has 6 nitrogen and oxygen atoms in total. The third-order valence-electron chi connectivity index (χ3n) is 5.04. The molecule has 0 radical (unpaired) electrons. The smallest absolute Gasteiger partial charge is 0.416 e. The van der Waals surface area contributed by atoms with Gasteiger partial charge in [-0.3, -0.25) is 0 Å². The van der Waals surface area contributed by atoms with Crippen molar-refractivity contribution in [2.75, 3.05) is 0 Å². The Labute approximate surface area is 206 Å². The van der Waals surface area contributed by atoms with E-state index < -0.39 is 57.1 Å². The fraction of sp³-hybridized carbons (Fsp3) is 0.500. The van der Waals surface area contributed by atoms with Crippen molar-refractivity contribution < 1.29 is 31.6 Å². The topological polar surface area (TPSA) is 86.3 Å². The lowest BCUT2D eigenvalue weighted by atomic mass is 9.78. The number of ether oxygens (including phenoxy) is 1. The van der Waals surface area contributed by atoms with Crippen molar-refractivity contribution in [3.05, 3.63) is 65.2 Å². The van der Waals surface area contributed by atoms with Gasteiger partial charge in [0.15, 0.2) is 0 Å². The highest BCUT2D eigenvalue weighted by atomic mass is 32.2. The molecule has 35 heavy (non-hydrogen) atoms. The molecule has 2 rings (SSSR count). The maximum absolute atomic E-state index is 14.3. The van der Waals surface area contributed by atoms with Crippen LogP contribution < -0.4 is 10.0 Å². The third kappa shape index (κ3) is 7.31. The zero-order valence-electron chi connectivity index (χ0n) is 20.7. The fourth-order valence-corrected chi connectivity index (χ4v) is 4.35. The average Bonchev–Trinajstić information content (AvgIpc) is 2.69. The van der Waals surface area contributed by atoms with Gasteiger partial charge in [0.05, 0.1) is 11.6 Å². The number of benzene rings is 1. The second kappa shape index (κ2) is 10.3. The van der Waals surface area contributed by atoms with Crippen LogP contribution in [0.3, 0.4) is 0 Å². The van der Waals surface area contributed by atoms with Crippen LogP contribution in [0, 0.1) is 5.95 Å². The van der Waals surface area contributed by atoms with Crippen molar-refractivity contribution in [2.24, 2.45) is 0 Å². The lowest BCUT2D eigenvalue weighted by Gasteiger charge is -2.42. The zero-order valence-corrected chi connectivity index (χ0v) is 21.5. The molecular formula is C24H31F4N3O3S. The molecule has 0 aliphatic carbocycles. The Bertz CT molecular complexity index is 1020. The molecule has 1 aromatic carbocycles. The molecule has 3 atom stereocenters. The van der Waals surface area contributed by atoms with Crippen molar-refractivity contribution in [2.45, 2.75) is 76.6 Å². The lowest BCUT2D eigenvalue weighted by molar-refractivity contribution is -0.137. The molecule has 1 amide bonds. The van der Waals surface area contributed by atoms with Gasteiger partial charge in [0, 0.05) is 17.6 Å². The van der Waals surface area contributed by atoms with E-state index in [0.29, 0.717) is 0 Å². The summed E-state index contributed by atoms with van der Waals surface area (Å²) >= 11 is -1.80. The highest BCUT2D eigenvalue weighted by molar-refractivity contribution is 7.90. The molecule has 1 heterocycles. The van der Waals surface area contributed by atoms with Gasteiger partial charge in [0.1, 0.15) is 15.9 Å². The van der Waals surface area contributed by atoms with Gasteiger partial charge in [0.25, 0.3) is 0 Å². The number of aromatic nitrogens is 1. The van der Waals surface area contributed by atoms with Gasteiger partial charge < -0.3 is 14.6 Å². The summed E-state index contributed by atoms with van der Waals surface area (Å²) in [5, 5.41) is 2.67. The normalized spacial score (nSPS) is 16.2. The van der Waals surface area contributed by atoms with Gasteiger partial charge >= 0.3 is 12.3 Å². The molecule has 2 aromatic rings. The summed E-state index contributed by atoms with van der Waals surface area (Å²) in [4.78, 5) is 16.2. The van der Waals surface area contributed by atoms with Crippen LogP contribution in [0.5, 0.6) is 0 Å². The number of amides is 1. The van der Waals surface area contributed by atoms with Crippen LogP contribution in [-0.2, 0) is 27.8 Å². The summed E-state index contributed by atoms with van der Waals surface area (Å²) in [6, 6.07) is 5.73. The van der Waals surface area contributed by atoms with Crippen molar-refractivity contribution in [3.63, 3.8) is 0 Å². The number of alkyl carbamates (subject to hydrolysis) is 1. The summed E-state index contributed by atoms with van der Waals surface area (Å²) in [6.07, 6.45) is -4.20. The molecular weight excluding hydrogens is 486 g/mol. The second-order valence-electron chi connectivity index (χ2n) is 10.1. The van der Waals surface area contributed by atoms with E-state index >= 15 is 0 Å². The first kappa shape index (κ1) is 28.9. The van der Waals surface area contributed by atoms with Gasteiger partial charge in [-0.1, -0.05) is 12.1 Å². The van der Waals surface area contributed by atoms with E-state index in [1.807, 2.05) is 0 Å². The summed E-state index contributed by atoms with van der Waals surface area (Å²) in [5.74, 6) is -0.855. The first-order valence-electron chi connectivity index (χ1n) is 10.9. The molecule has 0 aliphatic heterocycles. The molecule has 2 unspecified atom stereocenters. The maximum Gasteiger partial charge on any atom is 0.416 e. The van der Waals surface area contributed by atoms with E-state index in [4.69, 9.17) is 4.74 Å². The monoisotopic (exact) mass is 517 g/mol. The molecule has 194 valence electrons. The van der Waals surface area contributed by atoms with Crippen LogP contribution >= 0.6 is 0 Å². The largest absolute Gasteiger partial charge is 0.598 e. The highest BCUT2D eigenvalue weighted by Gasteiger charge is 2.48. The standard InChI is InChI=1S/C24H31F4N3O3S/c1-15(30-20(32)34-21(2,3)4)23(31-35(33)22(5,6)7,18-12-13-29-19(25)14-18)16-8-10-17(11-9-16)24(26,27)28/h8-15,31H,1-7H3,(H,30,32)/t15-,23?,35?/m0/s1. The number of carbonyl (C=O) groups excluding carboxylic acids is 1. The van der Waals surface area contributed by atoms with E-state index in [1.54, 1.807) is 48.5 Å². The Morgan fingerprint density at radius 1 is 1.00 bits per heavy atom. The fourth-order valence-electron chi connectivity index (χ4n) is 3.33. The number of alkyl halides is 3. The van der Waals surface area contributed by atoms with E-state index in [2.05, 4.69) is 15.0 Å². The molecule has 11 heteroatoms. The van der Waals surface area contributed by atoms with Crippen molar-refractivity contribution in [1.82, 2.24) is 15.0 Å². The Morgan fingerprint density at radius 2 is 1.54 bits per heavy atom. The molecule has 0 spiro atoms. The summed E-state index contributed by atoms with van der Waals surface area (Å²) in [5.41, 5.74) is -2.92. The SMILES string of the molecule is C[C@H](NC(=O)OC(C)(C)C)C(N[S+]([O-])C(C)(C)C)(c1ccc(C(F)(F)F)cc1)c1ccnc(F)c1. The van der Waals surface area contributed by atoms with Gasteiger partial charge in [-0.25, -0.2) is 9.78 Å². The number of nitrogens with zero attached hydrogens (tertiary/aromatic N) is 1. The minimum Gasteiger partial charge on any atom is -0.598 e. The molecule has 0 saturated heterocycles. The lowest BCUT2D eigenvalue weighted by Crippen LogP contribution is -2.62. The van der Waals surface area contributed by atoms with Crippen molar-refractivity contribution in [3.8, 4) is 0 Å². The van der Waals surface area contributed by atoms with Crippen LogP contribution in [-0.4, -0.2) is 32.0 Å². The maximum atomic E-state index is 14.3. The Balaban J connectivity index is 2.75. The number of halogens is 4. The third-order valence-corrected chi connectivity index (χ3v) is 6.66. The summed E-state index contributed by atoms with van der Waals surface area (Å²) < 4.78 is 74.9. The van der Waals surface area contributed by atoms with Crippen molar-refractivity contribution in [1.29, 1.82) is 0 Å². The molecule has 1 aromatic heterocycles. The van der Waals surface area contributed by atoms with E-state index in [9.17, 15) is 26.9 Å². The van der Waals surface area contributed by atoms with Crippen molar-refractivity contribution >= 4 is 17.5 Å². The number of hydrogen-bond donors (Lipinski definition) is 2. The Kier molecular flexibility index (Phi) is 8.51. The second-order valence-corrected chi connectivity index (χ2v) is 12.1. The number of pyridine rings is 1. The predicted molar refractivity (Wildman–Crippen MR) is 126 cm³/mol. The zero-order chi connectivity index (χ0) is 26.8. The van der Waals surface area contributed by atoms with E-state index in [-0.39, 0.29) is 11.1 Å². The molecule has 0 saturated carbocycles. The minimum absolute atomic E-state index is 0.200. The first-order chi connectivity index (χ1) is 15.9. The first-order valence-corrected chi connectivity index (χ1v) is 12.0. The number of carbonyl (C=O) groups is 1. The number of nitrogens with one attached hydrogen (secondary N) is 2. The summed E-state index contributed by atoms with van der Waals surface area (Å²) in [7, 11) is 0. The quantitative estimate of drug-likeness (QED) is 0.302. The Morgan fingerprint density at radius 3 is 2.00 bits per heavy atom. The molecule has 2 N–H and O–H groups in total.